The second-order valence-corrected chi connectivity index (χ2v) is 7.05. The molecule has 3 aromatic rings. The van der Waals surface area contributed by atoms with E-state index in [9.17, 15) is 14.7 Å². The second kappa shape index (κ2) is 8.66. The summed E-state index contributed by atoms with van der Waals surface area (Å²) in [6.07, 6.45) is 9.08. The van der Waals surface area contributed by atoms with Crippen molar-refractivity contribution in [2.24, 2.45) is 0 Å². The lowest BCUT2D eigenvalue weighted by atomic mass is 10.1. The fourth-order valence-electron chi connectivity index (χ4n) is 3.07. The van der Waals surface area contributed by atoms with Crippen LogP contribution in [0.3, 0.4) is 0 Å². The summed E-state index contributed by atoms with van der Waals surface area (Å²) in [6.45, 7) is 0.728. The van der Waals surface area contributed by atoms with Crippen molar-refractivity contribution in [3.63, 3.8) is 0 Å². The van der Waals surface area contributed by atoms with E-state index >= 15 is 0 Å². The Morgan fingerprint density at radius 2 is 2.10 bits per heavy atom. The number of carboxylic acids is 1. The highest BCUT2D eigenvalue weighted by Gasteiger charge is 2.21. The predicted molar refractivity (Wildman–Crippen MR) is 115 cm³/mol. The number of nitrogens with one attached hydrogen (secondary N) is 3. The topological polar surface area (TPSA) is 136 Å². The Morgan fingerprint density at radius 1 is 1.29 bits per heavy atom. The molecule has 0 bridgehead atoms. The van der Waals surface area contributed by atoms with Crippen LogP contribution in [0, 0.1) is 0 Å². The van der Waals surface area contributed by atoms with Gasteiger partial charge in [-0.25, -0.2) is 19.7 Å². The van der Waals surface area contributed by atoms with Gasteiger partial charge < -0.3 is 25.6 Å². The van der Waals surface area contributed by atoms with Gasteiger partial charge in [0.15, 0.2) is 0 Å². The number of aromatic amines is 1. The molecule has 31 heavy (non-hydrogen) atoms. The van der Waals surface area contributed by atoms with Crippen molar-refractivity contribution in [1.82, 2.24) is 30.2 Å². The third-order valence-corrected chi connectivity index (χ3v) is 4.76. The van der Waals surface area contributed by atoms with Crippen LogP contribution < -0.4 is 10.6 Å². The molecule has 1 aliphatic heterocycles. The molecule has 0 radical (unpaired) electrons. The van der Waals surface area contributed by atoms with Gasteiger partial charge in [-0.3, -0.25) is 4.79 Å². The molecule has 0 saturated heterocycles. The number of carbonyl (C=O) groups is 2. The van der Waals surface area contributed by atoms with Crippen LogP contribution in [0.2, 0.25) is 0 Å². The summed E-state index contributed by atoms with van der Waals surface area (Å²) in [5.74, 6) is -0.665. The average molecular weight is 419 g/mol. The zero-order valence-corrected chi connectivity index (χ0v) is 16.7. The van der Waals surface area contributed by atoms with Crippen LogP contribution in [0.5, 0.6) is 0 Å². The van der Waals surface area contributed by atoms with Gasteiger partial charge in [0.05, 0.1) is 11.0 Å². The Morgan fingerprint density at radius 3 is 2.81 bits per heavy atom. The van der Waals surface area contributed by atoms with Gasteiger partial charge in [-0.1, -0.05) is 6.08 Å². The van der Waals surface area contributed by atoms with E-state index in [1.54, 1.807) is 24.3 Å². The maximum Gasteiger partial charge on any atom is 0.328 e. The van der Waals surface area contributed by atoms with E-state index in [2.05, 4.69) is 36.6 Å². The van der Waals surface area contributed by atoms with E-state index in [0.29, 0.717) is 16.9 Å². The smallest absolute Gasteiger partial charge is 0.328 e. The Bertz CT molecular complexity index is 1170. The Kier molecular flexibility index (Phi) is 5.61. The number of carbonyl (C=O) groups excluding carboxylic acids is 1. The summed E-state index contributed by atoms with van der Waals surface area (Å²) >= 11 is 0. The van der Waals surface area contributed by atoms with Crippen LogP contribution in [-0.2, 0) is 4.79 Å². The van der Waals surface area contributed by atoms with Gasteiger partial charge >= 0.3 is 5.97 Å². The number of benzene rings is 1. The number of fused-ring (bicyclic) bond motifs is 1. The molecular formula is C21H21N7O3. The minimum Gasteiger partial charge on any atom is -0.480 e. The zero-order valence-electron chi connectivity index (χ0n) is 16.7. The van der Waals surface area contributed by atoms with Crippen molar-refractivity contribution >= 4 is 34.4 Å². The highest BCUT2D eigenvalue weighted by atomic mass is 16.4. The van der Waals surface area contributed by atoms with Gasteiger partial charge in [-0.15, -0.1) is 0 Å². The number of imidazole rings is 1. The first-order valence-electron chi connectivity index (χ1n) is 9.63. The number of anilines is 1. The highest BCUT2D eigenvalue weighted by Crippen LogP contribution is 2.21. The molecule has 0 spiro atoms. The van der Waals surface area contributed by atoms with Crippen LogP contribution in [0.1, 0.15) is 16.2 Å². The fraction of sp³-hybridized carbons (Fsp3) is 0.190. The highest BCUT2D eigenvalue weighted by molar-refractivity contribution is 5.99. The van der Waals surface area contributed by atoms with Crippen molar-refractivity contribution in [2.75, 3.05) is 25.5 Å². The van der Waals surface area contributed by atoms with E-state index in [1.165, 1.54) is 12.4 Å². The largest absolute Gasteiger partial charge is 0.480 e. The van der Waals surface area contributed by atoms with Gasteiger partial charge in [-0.05, 0) is 36.5 Å². The molecule has 158 valence electrons. The SMILES string of the molecule is CN1C=CC(c2nc3ccc(C(=O)N[C@@H](CNc4ncccn4)C(=O)O)cc3[nH]2)=CC1. The van der Waals surface area contributed by atoms with E-state index < -0.39 is 17.9 Å². The lowest BCUT2D eigenvalue weighted by Gasteiger charge is -2.15. The van der Waals surface area contributed by atoms with E-state index in [0.717, 1.165) is 17.6 Å². The molecule has 0 fully saturated rings. The molecule has 4 rings (SSSR count). The van der Waals surface area contributed by atoms with Crippen molar-refractivity contribution in [3.8, 4) is 0 Å². The number of H-pyrrole nitrogens is 1. The Hall–Kier alpha value is -4.21. The van der Waals surface area contributed by atoms with Crippen molar-refractivity contribution in [3.05, 3.63) is 66.4 Å². The summed E-state index contributed by atoms with van der Waals surface area (Å²) in [7, 11) is 1.99. The zero-order chi connectivity index (χ0) is 21.8. The number of rotatable bonds is 7. The lowest BCUT2D eigenvalue weighted by Crippen LogP contribution is -2.45. The standard InChI is InChI=1S/C21H21N7O3/c1-28-9-5-13(6-10-28)18-25-15-4-3-14(11-16(15)26-18)19(29)27-17(20(30)31)12-24-21-22-7-2-8-23-21/h2-9,11,17H,10,12H2,1H3,(H,25,26)(H,27,29)(H,30,31)(H,22,23,24)/t17-/m0/s1. The van der Waals surface area contributed by atoms with E-state index in [4.69, 9.17) is 0 Å². The summed E-state index contributed by atoms with van der Waals surface area (Å²) in [4.78, 5) is 42.0. The Balaban J connectivity index is 1.47. The molecule has 4 N–H and O–H groups in total. The van der Waals surface area contributed by atoms with Crippen LogP contribution in [0.25, 0.3) is 16.6 Å². The van der Waals surface area contributed by atoms with Crippen LogP contribution >= 0.6 is 0 Å². The van der Waals surface area contributed by atoms with E-state index in [-0.39, 0.29) is 12.5 Å². The molecule has 10 heteroatoms. The molecule has 1 aromatic carbocycles. The van der Waals surface area contributed by atoms with Gasteiger partial charge in [0.2, 0.25) is 5.95 Å². The molecule has 2 aromatic heterocycles. The number of hydrogen-bond acceptors (Lipinski definition) is 7. The molecule has 3 heterocycles. The maximum atomic E-state index is 12.7. The number of carboxylic acid groups (broad SMARTS) is 1. The van der Waals surface area contributed by atoms with Gasteiger partial charge in [0, 0.05) is 43.7 Å². The Labute approximate surface area is 177 Å². The van der Waals surface area contributed by atoms with Crippen molar-refractivity contribution in [2.45, 2.75) is 6.04 Å². The first-order chi connectivity index (χ1) is 15.0. The normalized spacial score (nSPS) is 14.2. The number of nitrogens with zero attached hydrogens (tertiary/aromatic N) is 4. The van der Waals surface area contributed by atoms with Crippen LogP contribution in [0.4, 0.5) is 5.95 Å². The summed E-state index contributed by atoms with van der Waals surface area (Å²) in [6, 6.07) is 5.51. The minimum absolute atomic E-state index is 0.0591. The van der Waals surface area contributed by atoms with Gasteiger partial charge in [-0.2, -0.15) is 0 Å². The molecule has 1 atom stereocenters. The number of hydrogen-bond donors (Lipinski definition) is 4. The number of amides is 1. The monoisotopic (exact) mass is 419 g/mol. The summed E-state index contributed by atoms with van der Waals surface area (Å²) in [5, 5.41) is 14.8. The average Bonchev–Trinajstić information content (AvgIpc) is 3.20. The van der Waals surface area contributed by atoms with Gasteiger partial charge in [0.25, 0.3) is 5.91 Å². The van der Waals surface area contributed by atoms with E-state index in [1.807, 2.05) is 24.2 Å². The third kappa shape index (κ3) is 4.69. The first-order valence-corrected chi connectivity index (χ1v) is 9.63. The van der Waals surface area contributed by atoms with Crippen molar-refractivity contribution in [1.29, 1.82) is 0 Å². The van der Waals surface area contributed by atoms with Gasteiger partial charge in [0.1, 0.15) is 11.9 Å². The quantitative estimate of drug-likeness (QED) is 0.452. The molecule has 0 aliphatic carbocycles. The second-order valence-electron chi connectivity index (χ2n) is 7.05. The van der Waals surface area contributed by atoms with Crippen LogP contribution in [0.15, 0.2) is 55.0 Å². The number of aromatic nitrogens is 4. The minimum atomic E-state index is -1.16. The maximum absolute atomic E-state index is 12.7. The van der Waals surface area contributed by atoms with Crippen LogP contribution in [-0.4, -0.2) is 68.0 Å². The van der Waals surface area contributed by atoms with Crippen molar-refractivity contribution < 1.29 is 14.7 Å². The number of likely N-dealkylation sites (N-methyl/N-ethyl adjacent to an activating group) is 1. The third-order valence-electron chi connectivity index (χ3n) is 4.76. The molecule has 1 aliphatic rings. The molecular weight excluding hydrogens is 398 g/mol. The number of aliphatic carboxylic acids is 1. The first kappa shape index (κ1) is 20.1. The summed E-state index contributed by atoms with van der Waals surface area (Å²) in [5.41, 5.74) is 2.72. The molecule has 0 unspecified atom stereocenters. The lowest BCUT2D eigenvalue weighted by molar-refractivity contribution is -0.138. The predicted octanol–water partition coefficient (Wildman–Crippen LogP) is 1.49. The number of allylic oxidation sites excluding steroid dienone is 2. The molecule has 10 nitrogen and oxygen atoms in total. The molecule has 1 amide bonds. The molecule has 0 saturated carbocycles. The summed E-state index contributed by atoms with van der Waals surface area (Å²) < 4.78 is 0. The fourth-order valence-corrected chi connectivity index (χ4v) is 3.07.